The average Bonchev–Trinajstić information content (AvgIpc) is 3.60. The highest BCUT2D eigenvalue weighted by Crippen LogP contribution is 2.40. The first-order valence-corrected chi connectivity index (χ1v) is 11.9. The van der Waals surface area contributed by atoms with Crippen molar-refractivity contribution >= 4 is 11.5 Å². The standard InChI is InChI=1S/C25H27N7O2/c26-13-17-14-29-24(17)21-11-18(3-7-27-21)30-23-12-20(4-8-28-23)34-22-15-32(19-1-2-19)31-25(22)16-5-9-33-10-6-16/h3-4,7-8,11-12,15-17,19,24,29H,1-2,5-6,9-10,14H2,(H,27,28,30). The van der Waals surface area contributed by atoms with Crippen LogP contribution in [0.25, 0.3) is 0 Å². The van der Waals surface area contributed by atoms with Crippen LogP contribution in [0, 0.1) is 17.2 Å². The molecule has 1 aliphatic carbocycles. The van der Waals surface area contributed by atoms with Crippen molar-refractivity contribution < 1.29 is 9.47 Å². The molecule has 0 amide bonds. The molecular weight excluding hydrogens is 430 g/mol. The maximum atomic E-state index is 9.24. The fourth-order valence-corrected chi connectivity index (χ4v) is 4.55. The van der Waals surface area contributed by atoms with Crippen LogP contribution in [0.3, 0.4) is 0 Å². The molecule has 2 aliphatic heterocycles. The maximum Gasteiger partial charge on any atom is 0.168 e. The summed E-state index contributed by atoms with van der Waals surface area (Å²) in [6.07, 6.45) is 9.82. The molecule has 3 fully saturated rings. The Labute approximate surface area is 198 Å². The van der Waals surface area contributed by atoms with Gasteiger partial charge in [-0.1, -0.05) is 0 Å². The van der Waals surface area contributed by atoms with Gasteiger partial charge in [0, 0.05) is 49.8 Å². The zero-order valence-corrected chi connectivity index (χ0v) is 18.9. The number of aromatic nitrogens is 4. The number of anilines is 2. The van der Waals surface area contributed by atoms with Crippen LogP contribution < -0.4 is 15.4 Å². The van der Waals surface area contributed by atoms with Gasteiger partial charge in [0.1, 0.15) is 17.3 Å². The minimum atomic E-state index is -0.0425. The van der Waals surface area contributed by atoms with Crippen LogP contribution in [0.4, 0.5) is 11.5 Å². The van der Waals surface area contributed by atoms with E-state index in [0.29, 0.717) is 30.1 Å². The summed E-state index contributed by atoms with van der Waals surface area (Å²) in [5.74, 6) is 2.52. The summed E-state index contributed by atoms with van der Waals surface area (Å²) in [5.41, 5.74) is 2.74. The second-order valence-electron chi connectivity index (χ2n) is 9.17. The largest absolute Gasteiger partial charge is 0.454 e. The van der Waals surface area contributed by atoms with Gasteiger partial charge in [0.2, 0.25) is 0 Å². The quantitative estimate of drug-likeness (QED) is 0.543. The topological polar surface area (TPSA) is 110 Å². The van der Waals surface area contributed by atoms with E-state index in [-0.39, 0.29) is 12.0 Å². The lowest BCUT2D eigenvalue weighted by Crippen LogP contribution is -2.45. The number of nitriles is 1. The van der Waals surface area contributed by atoms with Crippen molar-refractivity contribution in [2.24, 2.45) is 5.92 Å². The smallest absolute Gasteiger partial charge is 0.168 e. The summed E-state index contributed by atoms with van der Waals surface area (Å²) in [5, 5.41) is 20.8. The third-order valence-corrected chi connectivity index (χ3v) is 6.71. The monoisotopic (exact) mass is 457 g/mol. The van der Waals surface area contributed by atoms with Crippen LogP contribution in [0.15, 0.2) is 42.9 Å². The maximum absolute atomic E-state index is 9.24. The Morgan fingerprint density at radius 3 is 2.74 bits per heavy atom. The second-order valence-corrected chi connectivity index (χ2v) is 9.17. The number of ether oxygens (including phenoxy) is 2. The van der Waals surface area contributed by atoms with Gasteiger partial charge in [-0.05, 0) is 43.9 Å². The van der Waals surface area contributed by atoms with E-state index in [9.17, 15) is 5.26 Å². The number of rotatable bonds is 7. The van der Waals surface area contributed by atoms with E-state index in [1.807, 2.05) is 30.5 Å². The second kappa shape index (κ2) is 9.05. The van der Waals surface area contributed by atoms with Gasteiger partial charge in [-0.3, -0.25) is 9.67 Å². The molecule has 2 N–H and O–H groups in total. The SMILES string of the molecule is N#CC1CNC1c1cc(Nc2cc(Oc3cn(C4CC4)nc3C3CCOCC3)ccn2)ccn1. The van der Waals surface area contributed by atoms with Gasteiger partial charge in [-0.2, -0.15) is 10.4 Å². The fraction of sp³-hybridized carbons (Fsp3) is 0.440. The van der Waals surface area contributed by atoms with Gasteiger partial charge < -0.3 is 20.1 Å². The molecule has 34 heavy (non-hydrogen) atoms. The third-order valence-electron chi connectivity index (χ3n) is 6.71. The van der Waals surface area contributed by atoms with Gasteiger partial charge in [-0.15, -0.1) is 0 Å². The van der Waals surface area contributed by atoms with E-state index in [2.05, 4.69) is 31.4 Å². The molecule has 3 aliphatic rings. The number of nitrogens with zero attached hydrogens (tertiary/aromatic N) is 5. The summed E-state index contributed by atoms with van der Waals surface area (Å²) in [6.45, 7) is 2.24. The van der Waals surface area contributed by atoms with Crippen LogP contribution in [-0.4, -0.2) is 39.5 Å². The summed E-state index contributed by atoms with van der Waals surface area (Å²) >= 11 is 0. The Morgan fingerprint density at radius 2 is 1.97 bits per heavy atom. The van der Waals surface area contributed by atoms with Crippen molar-refractivity contribution in [1.82, 2.24) is 25.1 Å². The van der Waals surface area contributed by atoms with Crippen molar-refractivity contribution in [3.8, 4) is 17.6 Å². The minimum absolute atomic E-state index is 0.0269. The molecule has 1 saturated carbocycles. The van der Waals surface area contributed by atoms with E-state index in [1.165, 1.54) is 12.8 Å². The molecule has 5 heterocycles. The van der Waals surface area contributed by atoms with E-state index in [0.717, 1.165) is 48.9 Å². The fourth-order valence-electron chi connectivity index (χ4n) is 4.55. The van der Waals surface area contributed by atoms with Crippen molar-refractivity contribution in [3.63, 3.8) is 0 Å². The van der Waals surface area contributed by atoms with E-state index >= 15 is 0 Å². The molecule has 0 bridgehead atoms. The molecule has 0 radical (unpaired) electrons. The molecular formula is C25H27N7O2. The molecule has 2 unspecified atom stereocenters. The Bertz CT molecular complexity index is 1210. The molecule has 6 rings (SSSR count). The van der Waals surface area contributed by atoms with Gasteiger partial charge >= 0.3 is 0 Å². The van der Waals surface area contributed by atoms with Gasteiger partial charge in [0.25, 0.3) is 0 Å². The first-order valence-electron chi connectivity index (χ1n) is 11.9. The molecule has 3 aromatic heterocycles. The normalized spacial score (nSPS) is 22.6. The zero-order valence-electron chi connectivity index (χ0n) is 18.9. The van der Waals surface area contributed by atoms with E-state index < -0.39 is 0 Å². The predicted molar refractivity (Wildman–Crippen MR) is 125 cm³/mol. The summed E-state index contributed by atoms with van der Waals surface area (Å²) < 4.78 is 14.0. The van der Waals surface area contributed by atoms with Crippen LogP contribution in [0.5, 0.6) is 11.5 Å². The lowest BCUT2D eigenvalue weighted by atomic mass is 9.90. The van der Waals surface area contributed by atoms with Crippen molar-refractivity contribution in [3.05, 3.63) is 54.2 Å². The Hall–Kier alpha value is -3.48. The van der Waals surface area contributed by atoms with Gasteiger partial charge in [0.05, 0.1) is 36.0 Å². The third kappa shape index (κ3) is 4.34. The van der Waals surface area contributed by atoms with Crippen LogP contribution in [0.2, 0.25) is 0 Å². The number of hydrogen-bond donors (Lipinski definition) is 2. The number of nitrogens with one attached hydrogen (secondary N) is 2. The van der Waals surface area contributed by atoms with Gasteiger partial charge in [-0.25, -0.2) is 4.98 Å². The Kier molecular flexibility index (Phi) is 5.61. The van der Waals surface area contributed by atoms with Crippen molar-refractivity contribution in [1.29, 1.82) is 5.26 Å². The Morgan fingerprint density at radius 1 is 1.12 bits per heavy atom. The summed E-state index contributed by atoms with van der Waals surface area (Å²) in [7, 11) is 0. The predicted octanol–water partition coefficient (Wildman–Crippen LogP) is 4.22. The van der Waals surface area contributed by atoms with Crippen LogP contribution in [-0.2, 0) is 4.74 Å². The van der Waals surface area contributed by atoms with Crippen molar-refractivity contribution in [2.45, 2.75) is 43.7 Å². The lowest BCUT2D eigenvalue weighted by Gasteiger charge is -2.32. The highest BCUT2D eigenvalue weighted by Gasteiger charge is 2.33. The average molecular weight is 458 g/mol. The Balaban J connectivity index is 1.20. The highest BCUT2D eigenvalue weighted by atomic mass is 16.5. The molecule has 2 atom stereocenters. The van der Waals surface area contributed by atoms with Crippen LogP contribution in [0.1, 0.15) is 55.1 Å². The molecule has 9 nitrogen and oxygen atoms in total. The molecule has 3 aromatic rings. The number of hydrogen-bond acceptors (Lipinski definition) is 8. The molecule has 174 valence electrons. The molecule has 0 aromatic carbocycles. The van der Waals surface area contributed by atoms with E-state index in [1.54, 1.807) is 12.4 Å². The summed E-state index contributed by atoms with van der Waals surface area (Å²) in [4.78, 5) is 8.89. The summed E-state index contributed by atoms with van der Waals surface area (Å²) in [6, 6.07) is 10.4. The first-order chi connectivity index (χ1) is 16.8. The lowest BCUT2D eigenvalue weighted by molar-refractivity contribution is 0.0839. The molecule has 0 spiro atoms. The highest BCUT2D eigenvalue weighted by molar-refractivity contribution is 5.58. The minimum Gasteiger partial charge on any atom is -0.454 e. The van der Waals surface area contributed by atoms with Crippen LogP contribution >= 0.6 is 0 Å². The molecule has 9 heteroatoms. The number of pyridine rings is 2. The van der Waals surface area contributed by atoms with E-state index in [4.69, 9.17) is 14.6 Å². The zero-order chi connectivity index (χ0) is 22.9. The molecule has 2 saturated heterocycles. The first kappa shape index (κ1) is 21.1. The van der Waals surface area contributed by atoms with Gasteiger partial charge in [0.15, 0.2) is 5.75 Å². The van der Waals surface area contributed by atoms with Crippen molar-refractivity contribution in [2.75, 3.05) is 25.1 Å².